The number of aromatic amines is 1. The molecule has 0 spiro atoms. The summed E-state index contributed by atoms with van der Waals surface area (Å²) < 4.78 is 0. The van der Waals surface area contributed by atoms with Crippen molar-refractivity contribution in [1.82, 2.24) is 15.2 Å². The normalized spacial score (nSPS) is 15.2. The van der Waals surface area contributed by atoms with Crippen LogP contribution < -0.4 is 21.3 Å². The highest BCUT2D eigenvalue weighted by molar-refractivity contribution is 6.35. The van der Waals surface area contributed by atoms with Gasteiger partial charge < -0.3 is 31.2 Å². The van der Waals surface area contributed by atoms with Gasteiger partial charge in [-0.3, -0.25) is 14.4 Å². The molecule has 230 valence electrons. The number of carbonyl (C=O) groups is 3. The summed E-state index contributed by atoms with van der Waals surface area (Å²) in [6.07, 6.45) is 5.27. The smallest absolute Gasteiger partial charge is 0.256 e. The molecule has 2 aliphatic heterocycles. The molecule has 45 heavy (non-hydrogen) atoms. The standard InChI is InChI=1S/C36H38N6O3/c1-23-31(38-24(2)33(23)36(45)37-16-9-19-42-17-6-7-18-42)22-30-29-15-14-28(21-32(29)41-35(30)44)39-26-12-8-13-27(20-26)40-34(43)25-10-4-3-5-11-25/h3-5,8,10-15,20-22,38-39H,6-7,9,16-19H2,1-2H3,(H,37,45)(H,40,43)(H,41,44). The van der Waals surface area contributed by atoms with Crippen LogP contribution in [-0.4, -0.2) is 53.8 Å². The number of hydrogen-bond donors (Lipinski definition) is 5. The fourth-order valence-corrected chi connectivity index (χ4v) is 6.05. The zero-order chi connectivity index (χ0) is 31.3. The van der Waals surface area contributed by atoms with E-state index in [1.165, 1.54) is 12.8 Å². The molecular weight excluding hydrogens is 564 g/mol. The molecule has 3 heterocycles. The number of amides is 3. The van der Waals surface area contributed by atoms with Crippen LogP contribution >= 0.6 is 0 Å². The highest BCUT2D eigenvalue weighted by Gasteiger charge is 2.26. The molecule has 3 aromatic carbocycles. The summed E-state index contributed by atoms with van der Waals surface area (Å²) in [7, 11) is 0. The third kappa shape index (κ3) is 6.84. The van der Waals surface area contributed by atoms with Crippen LogP contribution in [0.2, 0.25) is 0 Å². The molecule has 5 N–H and O–H groups in total. The fraction of sp³-hybridized carbons (Fsp3) is 0.250. The van der Waals surface area contributed by atoms with Gasteiger partial charge in [0.2, 0.25) is 0 Å². The van der Waals surface area contributed by atoms with E-state index in [4.69, 9.17) is 0 Å². The quantitative estimate of drug-likeness (QED) is 0.107. The van der Waals surface area contributed by atoms with Crippen LogP contribution in [0.3, 0.4) is 0 Å². The zero-order valence-corrected chi connectivity index (χ0v) is 25.6. The number of aryl methyl sites for hydroxylation is 1. The number of nitrogens with one attached hydrogen (secondary N) is 5. The second kappa shape index (κ2) is 13.2. The monoisotopic (exact) mass is 602 g/mol. The minimum Gasteiger partial charge on any atom is -0.358 e. The van der Waals surface area contributed by atoms with Gasteiger partial charge in [0.25, 0.3) is 17.7 Å². The number of fused-ring (bicyclic) bond motifs is 1. The van der Waals surface area contributed by atoms with Gasteiger partial charge >= 0.3 is 0 Å². The van der Waals surface area contributed by atoms with Crippen LogP contribution in [0.15, 0.2) is 72.8 Å². The van der Waals surface area contributed by atoms with Crippen molar-refractivity contribution >= 4 is 52.1 Å². The first-order valence-corrected chi connectivity index (χ1v) is 15.5. The molecular formula is C36H38N6O3. The SMILES string of the molecule is Cc1[nH]c(C=C2C(=O)Nc3cc(Nc4cccc(NC(=O)c5ccccc5)c4)ccc32)c(C)c1C(=O)NCCCN1CCCC1. The van der Waals surface area contributed by atoms with Crippen molar-refractivity contribution in [2.45, 2.75) is 33.1 Å². The molecule has 0 aliphatic carbocycles. The summed E-state index contributed by atoms with van der Waals surface area (Å²) >= 11 is 0. The van der Waals surface area contributed by atoms with Crippen molar-refractivity contribution in [1.29, 1.82) is 0 Å². The van der Waals surface area contributed by atoms with E-state index in [0.717, 1.165) is 59.9 Å². The van der Waals surface area contributed by atoms with Gasteiger partial charge in [-0.25, -0.2) is 0 Å². The molecule has 0 radical (unpaired) electrons. The summed E-state index contributed by atoms with van der Waals surface area (Å²) in [5.74, 6) is -0.476. The number of nitrogens with zero attached hydrogens (tertiary/aromatic N) is 1. The van der Waals surface area contributed by atoms with E-state index >= 15 is 0 Å². The Kier molecular flexibility index (Phi) is 8.79. The maximum Gasteiger partial charge on any atom is 0.256 e. The first kappa shape index (κ1) is 29.9. The van der Waals surface area contributed by atoms with Crippen molar-refractivity contribution in [3.8, 4) is 0 Å². The average Bonchev–Trinajstić information content (AvgIpc) is 3.73. The lowest BCUT2D eigenvalue weighted by atomic mass is 10.0. The first-order chi connectivity index (χ1) is 21.9. The molecule has 0 atom stereocenters. The third-order valence-electron chi connectivity index (χ3n) is 8.37. The van der Waals surface area contributed by atoms with Crippen LogP contribution in [0.1, 0.15) is 62.5 Å². The maximum absolute atomic E-state index is 13.1. The molecule has 3 amide bonds. The van der Waals surface area contributed by atoms with Gasteiger partial charge in [0.1, 0.15) is 0 Å². The number of carbonyl (C=O) groups excluding carboxylic acids is 3. The number of anilines is 4. The van der Waals surface area contributed by atoms with Gasteiger partial charge in [0, 0.05) is 46.1 Å². The molecule has 1 saturated heterocycles. The first-order valence-electron chi connectivity index (χ1n) is 15.5. The second-order valence-electron chi connectivity index (χ2n) is 11.6. The number of aromatic nitrogens is 1. The Morgan fingerprint density at radius 2 is 1.64 bits per heavy atom. The molecule has 9 heteroatoms. The van der Waals surface area contributed by atoms with Gasteiger partial charge in [0.15, 0.2) is 0 Å². The Morgan fingerprint density at radius 3 is 2.44 bits per heavy atom. The fourth-order valence-electron chi connectivity index (χ4n) is 6.05. The minimum absolute atomic E-state index is 0.0944. The van der Waals surface area contributed by atoms with Gasteiger partial charge in [-0.2, -0.15) is 0 Å². The minimum atomic E-state index is -0.202. The van der Waals surface area contributed by atoms with E-state index in [1.54, 1.807) is 12.1 Å². The predicted molar refractivity (Wildman–Crippen MR) is 180 cm³/mol. The molecule has 6 rings (SSSR count). The van der Waals surface area contributed by atoms with E-state index in [9.17, 15) is 14.4 Å². The molecule has 1 aromatic heterocycles. The number of benzene rings is 3. The van der Waals surface area contributed by atoms with Crippen molar-refractivity contribution in [3.05, 3.63) is 106 Å². The van der Waals surface area contributed by atoms with E-state index in [0.29, 0.717) is 34.6 Å². The summed E-state index contributed by atoms with van der Waals surface area (Å²) in [5, 5.41) is 12.3. The molecule has 0 unspecified atom stereocenters. The summed E-state index contributed by atoms with van der Waals surface area (Å²) in [5.41, 5.74) is 7.81. The molecule has 0 bridgehead atoms. The third-order valence-corrected chi connectivity index (χ3v) is 8.37. The summed E-state index contributed by atoms with van der Waals surface area (Å²) in [6, 6.07) is 22.2. The average molecular weight is 603 g/mol. The van der Waals surface area contributed by atoms with E-state index in [-0.39, 0.29) is 17.7 Å². The zero-order valence-electron chi connectivity index (χ0n) is 25.6. The second-order valence-corrected chi connectivity index (χ2v) is 11.6. The maximum atomic E-state index is 13.1. The van der Waals surface area contributed by atoms with Crippen molar-refractivity contribution < 1.29 is 14.4 Å². The van der Waals surface area contributed by atoms with Gasteiger partial charge in [-0.1, -0.05) is 30.3 Å². The van der Waals surface area contributed by atoms with E-state index < -0.39 is 0 Å². The Bertz CT molecular complexity index is 1770. The van der Waals surface area contributed by atoms with E-state index in [2.05, 4.69) is 31.2 Å². The topological polar surface area (TPSA) is 118 Å². The molecule has 0 saturated carbocycles. The van der Waals surface area contributed by atoms with Crippen LogP contribution in [0, 0.1) is 13.8 Å². The van der Waals surface area contributed by atoms with Crippen molar-refractivity contribution in [3.63, 3.8) is 0 Å². The summed E-state index contributed by atoms with van der Waals surface area (Å²) in [4.78, 5) is 44.4. The Labute approximate surface area is 263 Å². The lowest BCUT2D eigenvalue weighted by molar-refractivity contribution is -0.110. The molecule has 2 aliphatic rings. The predicted octanol–water partition coefficient (Wildman–Crippen LogP) is 6.34. The largest absolute Gasteiger partial charge is 0.358 e. The van der Waals surface area contributed by atoms with Crippen molar-refractivity contribution in [2.24, 2.45) is 0 Å². The number of likely N-dealkylation sites (tertiary alicyclic amines) is 1. The van der Waals surface area contributed by atoms with Gasteiger partial charge in [0.05, 0.1) is 16.8 Å². The van der Waals surface area contributed by atoms with Crippen LogP contribution in [0.5, 0.6) is 0 Å². The van der Waals surface area contributed by atoms with Gasteiger partial charge in [-0.05, 0) is 107 Å². The Hall–Kier alpha value is -5.15. The number of rotatable bonds is 10. The van der Waals surface area contributed by atoms with Crippen molar-refractivity contribution in [2.75, 3.05) is 42.1 Å². The van der Waals surface area contributed by atoms with Gasteiger partial charge in [-0.15, -0.1) is 0 Å². The Balaban J connectivity index is 1.13. The molecule has 4 aromatic rings. The Morgan fingerprint density at radius 1 is 0.889 bits per heavy atom. The molecule has 1 fully saturated rings. The highest BCUT2D eigenvalue weighted by atomic mass is 16.2. The number of H-pyrrole nitrogens is 1. The van der Waals surface area contributed by atoms with Crippen LogP contribution in [0.25, 0.3) is 11.6 Å². The van der Waals surface area contributed by atoms with Crippen LogP contribution in [0.4, 0.5) is 22.7 Å². The lowest BCUT2D eigenvalue weighted by Gasteiger charge is -2.14. The van der Waals surface area contributed by atoms with Crippen LogP contribution in [-0.2, 0) is 4.79 Å². The highest BCUT2D eigenvalue weighted by Crippen LogP contribution is 2.36. The summed E-state index contributed by atoms with van der Waals surface area (Å²) in [6.45, 7) is 7.74. The van der Waals surface area contributed by atoms with E-state index in [1.807, 2.05) is 80.6 Å². The molecule has 9 nitrogen and oxygen atoms in total. The lowest BCUT2D eigenvalue weighted by Crippen LogP contribution is -2.29. The number of hydrogen-bond acceptors (Lipinski definition) is 5.